The van der Waals surface area contributed by atoms with Gasteiger partial charge in [0.15, 0.2) is 11.5 Å². The Kier molecular flexibility index (Phi) is 7.06. The van der Waals surface area contributed by atoms with Crippen molar-refractivity contribution in [2.45, 2.75) is 0 Å². The van der Waals surface area contributed by atoms with E-state index in [9.17, 15) is 0 Å². The summed E-state index contributed by atoms with van der Waals surface area (Å²) in [5.74, 6) is 1.62. The lowest BCUT2D eigenvalue weighted by Gasteiger charge is -2.34. The molecule has 0 fully saturated rings. The Balaban J connectivity index is 1.06. The van der Waals surface area contributed by atoms with E-state index >= 15 is 0 Å². The van der Waals surface area contributed by atoms with Crippen LogP contribution in [0.4, 0.5) is 34.1 Å². The second-order valence-corrected chi connectivity index (χ2v) is 15.7. The number of hydrogen-bond donors (Lipinski definition) is 0. The molecule has 1 aliphatic heterocycles. The van der Waals surface area contributed by atoms with Crippen molar-refractivity contribution in [3.05, 3.63) is 200 Å². The number of rotatable bonds is 5. The van der Waals surface area contributed by atoms with Crippen LogP contribution in [-0.2, 0) is 0 Å². The molecule has 0 saturated heterocycles. The highest BCUT2D eigenvalue weighted by Crippen LogP contribution is 2.53. The summed E-state index contributed by atoms with van der Waals surface area (Å²) >= 11 is 1.84. The molecule has 0 amide bonds. The van der Waals surface area contributed by atoms with Crippen LogP contribution < -0.4 is 14.5 Å². The Labute approximate surface area is 333 Å². The first kappa shape index (κ1) is 32.0. The molecule has 57 heavy (non-hydrogen) atoms. The highest BCUT2D eigenvalue weighted by atomic mass is 32.1. The molecule has 2 aromatic heterocycles. The Bertz CT molecular complexity index is 3360. The molecular weight excluding hydrogens is 715 g/mol. The predicted molar refractivity (Wildman–Crippen MR) is 241 cm³/mol. The zero-order valence-electron chi connectivity index (χ0n) is 30.7. The molecule has 11 aromatic rings. The van der Waals surface area contributed by atoms with Crippen molar-refractivity contribution >= 4 is 98.2 Å². The summed E-state index contributed by atoms with van der Waals surface area (Å²) in [5, 5.41) is 7.42. The van der Waals surface area contributed by atoms with E-state index in [1.807, 2.05) is 17.4 Å². The number of para-hydroxylation sites is 4. The van der Waals surface area contributed by atoms with Crippen molar-refractivity contribution in [1.82, 2.24) is 4.57 Å². The van der Waals surface area contributed by atoms with E-state index in [1.54, 1.807) is 0 Å². The average Bonchev–Trinajstić information content (AvgIpc) is 3.81. The van der Waals surface area contributed by atoms with Gasteiger partial charge in [-0.1, -0.05) is 109 Å². The van der Waals surface area contributed by atoms with Crippen molar-refractivity contribution in [3.63, 3.8) is 0 Å². The number of fused-ring (bicyclic) bond motifs is 9. The molecule has 268 valence electrons. The third kappa shape index (κ3) is 5.06. The van der Waals surface area contributed by atoms with Gasteiger partial charge in [0.05, 0.1) is 22.4 Å². The molecule has 0 atom stereocenters. The minimum Gasteiger partial charge on any atom is -0.453 e. The fraction of sp³-hybridized carbons (Fsp3) is 0. The van der Waals surface area contributed by atoms with Crippen molar-refractivity contribution in [3.8, 4) is 17.2 Å². The van der Waals surface area contributed by atoms with Crippen LogP contribution >= 0.6 is 11.3 Å². The van der Waals surface area contributed by atoms with Gasteiger partial charge in [-0.05, 0) is 95.7 Å². The van der Waals surface area contributed by atoms with Crippen LogP contribution in [0, 0.1) is 0 Å². The zero-order chi connectivity index (χ0) is 37.5. The molecule has 0 aliphatic carbocycles. The van der Waals surface area contributed by atoms with Gasteiger partial charge in [0.25, 0.3) is 0 Å². The quantitative estimate of drug-likeness (QED) is 0.175. The van der Waals surface area contributed by atoms with Crippen LogP contribution in [0.1, 0.15) is 0 Å². The molecule has 0 N–H and O–H groups in total. The van der Waals surface area contributed by atoms with E-state index in [0.29, 0.717) is 0 Å². The molecular formula is C52H33N3OS. The smallest absolute Gasteiger partial charge is 0.153 e. The van der Waals surface area contributed by atoms with Crippen molar-refractivity contribution < 1.29 is 4.74 Å². The van der Waals surface area contributed by atoms with Crippen LogP contribution in [0.5, 0.6) is 11.5 Å². The summed E-state index contributed by atoms with van der Waals surface area (Å²) < 4.78 is 11.8. The summed E-state index contributed by atoms with van der Waals surface area (Å²) in [6.45, 7) is 0. The first-order chi connectivity index (χ1) is 28.2. The van der Waals surface area contributed by atoms with Crippen LogP contribution in [0.25, 0.3) is 58.4 Å². The summed E-state index contributed by atoms with van der Waals surface area (Å²) in [4.78, 5) is 4.70. The van der Waals surface area contributed by atoms with Crippen molar-refractivity contribution in [2.24, 2.45) is 0 Å². The number of thiophene rings is 1. The second-order valence-electron chi connectivity index (χ2n) is 14.6. The number of aromatic nitrogens is 1. The van der Waals surface area contributed by atoms with E-state index in [4.69, 9.17) is 4.74 Å². The van der Waals surface area contributed by atoms with Crippen LogP contribution in [0.2, 0.25) is 0 Å². The van der Waals surface area contributed by atoms with Gasteiger partial charge in [0.2, 0.25) is 0 Å². The molecule has 1 aliphatic rings. The van der Waals surface area contributed by atoms with Crippen molar-refractivity contribution in [2.75, 3.05) is 9.80 Å². The van der Waals surface area contributed by atoms with Gasteiger partial charge in [-0.15, -0.1) is 11.3 Å². The third-order valence-electron chi connectivity index (χ3n) is 11.3. The maximum Gasteiger partial charge on any atom is 0.153 e. The molecule has 0 unspecified atom stereocenters. The van der Waals surface area contributed by atoms with Gasteiger partial charge < -0.3 is 19.1 Å². The molecule has 4 nitrogen and oxygen atoms in total. The maximum absolute atomic E-state index is 6.81. The molecule has 0 spiro atoms. The van der Waals surface area contributed by atoms with Gasteiger partial charge in [-0.25, -0.2) is 0 Å². The van der Waals surface area contributed by atoms with Crippen LogP contribution in [0.15, 0.2) is 200 Å². The van der Waals surface area contributed by atoms with Crippen molar-refractivity contribution in [1.29, 1.82) is 0 Å². The predicted octanol–water partition coefficient (Wildman–Crippen LogP) is 15.4. The average molecular weight is 748 g/mol. The maximum atomic E-state index is 6.81. The number of anilines is 6. The lowest BCUT2D eigenvalue weighted by atomic mass is 10.1. The SMILES string of the molecule is c1ccc(-n2c3ccccc3c3ccc(N(c4ccc5c(c4)Oc4ccccc4N5c4ccc5c(c4)sc4ccccc45)c4ccc5ccccc5c4)cc32)cc1. The first-order valence-electron chi connectivity index (χ1n) is 19.3. The summed E-state index contributed by atoms with van der Waals surface area (Å²) in [5.41, 5.74) is 9.71. The molecule has 0 radical (unpaired) electrons. The summed E-state index contributed by atoms with van der Waals surface area (Å²) in [6.07, 6.45) is 0. The number of nitrogens with zero attached hydrogens (tertiary/aromatic N) is 3. The van der Waals surface area contributed by atoms with Gasteiger partial charge in [0.1, 0.15) is 0 Å². The van der Waals surface area contributed by atoms with Gasteiger partial charge in [-0.2, -0.15) is 0 Å². The van der Waals surface area contributed by atoms with Crippen LogP contribution in [0.3, 0.4) is 0 Å². The number of hydrogen-bond acceptors (Lipinski definition) is 4. The lowest BCUT2D eigenvalue weighted by Crippen LogP contribution is -2.17. The fourth-order valence-corrected chi connectivity index (χ4v) is 9.87. The standard InChI is InChI=1S/C52H33N3OS/c1-2-14-36(15-3-1)54-45-18-8-6-16-41(45)42-27-24-38(31-48(42)54)53(37-23-22-34-12-4-5-13-35(34)30-37)39-26-29-47-50(32-39)56-49-20-10-9-19-46(49)55(47)40-25-28-44-43-17-7-11-21-51(43)57-52(44)33-40/h1-33H. The van der Waals surface area contributed by atoms with E-state index in [2.05, 4.69) is 208 Å². The third-order valence-corrected chi connectivity index (χ3v) is 12.4. The van der Waals surface area contributed by atoms with Gasteiger partial charge in [-0.3, -0.25) is 0 Å². The van der Waals surface area contributed by atoms with E-state index < -0.39 is 0 Å². The number of benzene rings is 9. The second kappa shape index (κ2) is 12.6. The molecule has 9 aromatic carbocycles. The fourth-order valence-electron chi connectivity index (χ4n) is 8.73. The molecule has 3 heterocycles. The molecule has 5 heteroatoms. The highest BCUT2D eigenvalue weighted by molar-refractivity contribution is 7.25. The monoisotopic (exact) mass is 747 g/mol. The molecule has 0 bridgehead atoms. The minimum atomic E-state index is 0.799. The van der Waals surface area contributed by atoms with Gasteiger partial charge >= 0.3 is 0 Å². The topological polar surface area (TPSA) is 20.6 Å². The van der Waals surface area contributed by atoms with E-state index in [1.165, 1.54) is 47.2 Å². The Morgan fingerprint density at radius 1 is 0.386 bits per heavy atom. The van der Waals surface area contributed by atoms with E-state index in [0.717, 1.165) is 56.8 Å². The Morgan fingerprint density at radius 2 is 1.04 bits per heavy atom. The number of ether oxygens (including phenoxy) is 1. The lowest BCUT2D eigenvalue weighted by molar-refractivity contribution is 0.477. The Morgan fingerprint density at radius 3 is 1.96 bits per heavy atom. The Hall–Kier alpha value is -7.34. The summed E-state index contributed by atoms with van der Waals surface area (Å²) in [6, 6.07) is 72.0. The molecule has 12 rings (SSSR count). The first-order valence-corrected chi connectivity index (χ1v) is 20.1. The largest absolute Gasteiger partial charge is 0.453 e. The van der Waals surface area contributed by atoms with Gasteiger partial charge in [0, 0.05) is 65.4 Å². The van der Waals surface area contributed by atoms with Crippen LogP contribution in [-0.4, -0.2) is 4.57 Å². The highest BCUT2D eigenvalue weighted by Gasteiger charge is 2.28. The molecule has 0 saturated carbocycles. The zero-order valence-corrected chi connectivity index (χ0v) is 31.5. The normalized spacial score (nSPS) is 12.3. The minimum absolute atomic E-state index is 0.799. The van der Waals surface area contributed by atoms with E-state index in [-0.39, 0.29) is 0 Å². The summed E-state index contributed by atoms with van der Waals surface area (Å²) in [7, 11) is 0.